The second-order valence-corrected chi connectivity index (χ2v) is 6.19. The Kier molecular flexibility index (Phi) is 4.06. The monoisotopic (exact) mass is 272 g/mol. The zero-order valence-electron chi connectivity index (χ0n) is 12.1. The van der Waals surface area contributed by atoms with Crippen molar-refractivity contribution in [3.8, 4) is 0 Å². The highest BCUT2D eigenvalue weighted by Gasteiger charge is 2.27. The van der Waals surface area contributed by atoms with Gasteiger partial charge in [-0.15, -0.1) is 0 Å². The van der Waals surface area contributed by atoms with Gasteiger partial charge in [-0.3, -0.25) is 4.79 Å². The number of rotatable bonds is 5. The van der Waals surface area contributed by atoms with Crippen LogP contribution in [-0.2, 0) is 11.2 Å². The first kappa shape index (κ1) is 13.6. The van der Waals surface area contributed by atoms with Gasteiger partial charge in [-0.25, -0.2) is 0 Å². The molecule has 1 saturated carbocycles. The van der Waals surface area contributed by atoms with E-state index in [1.807, 2.05) is 4.90 Å². The molecule has 0 radical (unpaired) electrons. The van der Waals surface area contributed by atoms with Crippen LogP contribution >= 0.6 is 0 Å². The van der Waals surface area contributed by atoms with Crippen LogP contribution in [0.2, 0.25) is 0 Å². The zero-order chi connectivity index (χ0) is 13.9. The average Bonchev–Trinajstić information content (AvgIpc) is 3.19. The fraction of sp³-hybridized carbons (Fsp3) is 0.588. The predicted molar refractivity (Wildman–Crippen MR) is 80.5 cm³/mol. The lowest BCUT2D eigenvalue weighted by molar-refractivity contribution is -0.134. The fourth-order valence-corrected chi connectivity index (χ4v) is 3.14. The predicted octanol–water partition coefficient (Wildman–Crippen LogP) is 2.30. The van der Waals surface area contributed by atoms with E-state index in [4.69, 9.17) is 5.73 Å². The third-order valence-corrected chi connectivity index (χ3v) is 4.53. The maximum Gasteiger partial charge on any atom is 0.227 e. The molecule has 1 atom stereocenters. The number of benzene rings is 1. The van der Waals surface area contributed by atoms with Gasteiger partial charge in [0.1, 0.15) is 0 Å². The molecule has 1 heterocycles. The van der Waals surface area contributed by atoms with Crippen molar-refractivity contribution in [2.75, 3.05) is 19.6 Å². The largest absolute Gasteiger partial charge is 0.342 e. The Balaban J connectivity index is 1.67. The minimum atomic E-state index is -0.0532. The summed E-state index contributed by atoms with van der Waals surface area (Å²) in [6, 6.07) is 8.74. The van der Waals surface area contributed by atoms with Crippen LogP contribution in [0, 0.1) is 5.92 Å². The van der Waals surface area contributed by atoms with Crippen molar-refractivity contribution < 1.29 is 4.79 Å². The molecule has 1 aliphatic heterocycles. The number of likely N-dealkylation sites (tertiary alicyclic amines) is 1. The van der Waals surface area contributed by atoms with Crippen LogP contribution in [0.15, 0.2) is 24.3 Å². The standard InChI is InChI=1S/C17H24N2O/c18-12-16(17(20)19-8-1-2-9-19)11-13-4-3-5-15(10-13)14-6-7-14/h3-5,10,14,16H,1-2,6-9,11-12,18H2. The summed E-state index contributed by atoms with van der Waals surface area (Å²) in [5.74, 6) is 0.963. The number of nitrogens with zero attached hydrogens (tertiary/aromatic N) is 1. The van der Waals surface area contributed by atoms with Crippen molar-refractivity contribution in [1.82, 2.24) is 4.90 Å². The van der Waals surface area contributed by atoms with Gasteiger partial charge in [0.2, 0.25) is 5.91 Å². The molecule has 108 valence electrons. The molecule has 1 amide bonds. The van der Waals surface area contributed by atoms with Gasteiger partial charge in [-0.1, -0.05) is 24.3 Å². The van der Waals surface area contributed by atoms with Gasteiger partial charge >= 0.3 is 0 Å². The normalized spacial score (nSPS) is 20.1. The van der Waals surface area contributed by atoms with Gasteiger partial charge in [0.15, 0.2) is 0 Å². The second-order valence-electron chi connectivity index (χ2n) is 6.19. The van der Waals surface area contributed by atoms with E-state index >= 15 is 0 Å². The Labute approximate surface area is 121 Å². The summed E-state index contributed by atoms with van der Waals surface area (Å²) in [6.07, 6.45) is 5.69. The molecule has 2 N–H and O–H groups in total. The first-order valence-electron chi connectivity index (χ1n) is 7.85. The molecule has 0 bridgehead atoms. The molecule has 3 nitrogen and oxygen atoms in total. The van der Waals surface area contributed by atoms with Crippen molar-refractivity contribution in [1.29, 1.82) is 0 Å². The number of carbonyl (C=O) groups is 1. The summed E-state index contributed by atoms with van der Waals surface area (Å²) in [7, 11) is 0. The molecule has 1 aromatic carbocycles. The minimum absolute atomic E-state index is 0.0532. The lowest BCUT2D eigenvalue weighted by Crippen LogP contribution is -2.38. The number of nitrogens with two attached hydrogens (primary N) is 1. The molecule has 2 fully saturated rings. The average molecular weight is 272 g/mol. The van der Waals surface area contributed by atoms with Crippen molar-refractivity contribution in [2.45, 2.75) is 38.0 Å². The molecular weight excluding hydrogens is 248 g/mol. The first-order valence-corrected chi connectivity index (χ1v) is 7.85. The summed E-state index contributed by atoms with van der Waals surface area (Å²) < 4.78 is 0. The van der Waals surface area contributed by atoms with Crippen LogP contribution in [0.3, 0.4) is 0 Å². The van der Waals surface area contributed by atoms with E-state index in [0.717, 1.165) is 38.3 Å². The van der Waals surface area contributed by atoms with Crippen molar-refractivity contribution in [3.05, 3.63) is 35.4 Å². The molecule has 1 saturated heterocycles. The van der Waals surface area contributed by atoms with Crippen LogP contribution in [0.25, 0.3) is 0 Å². The van der Waals surface area contributed by atoms with Crippen LogP contribution in [0.5, 0.6) is 0 Å². The molecule has 2 aliphatic rings. The summed E-state index contributed by atoms with van der Waals surface area (Å²) in [6.45, 7) is 2.28. The molecule has 1 unspecified atom stereocenters. The van der Waals surface area contributed by atoms with E-state index in [9.17, 15) is 4.79 Å². The van der Waals surface area contributed by atoms with E-state index in [1.165, 1.54) is 24.0 Å². The number of hydrogen-bond donors (Lipinski definition) is 1. The third-order valence-electron chi connectivity index (χ3n) is 4.53. The van der Waals surface area contributed by atoms with Gasteiger partial charge < -0.3 is 10.6 Å². The smallest absolute Gasteiger partial charge is 0.227 e. The number of amides is 1. The molecule has 0 aromatic heterocycles. The molecule has 1 aromatic rings. The highest BCUT2D eigenvalue weighted by molar-refractivity contribution is 5.79. The molecular formula is C17H24N2O. The second kappa shape index (κ2) is 5.96. The van der Waals surface area contributed by atoms with Crippen LogP contribution in [-0.4, -0.2) is 30.4 Å². The zero-order valence-corrected chi connectivity index (χ0v) is 12.1. The maximum absolute atomic E-state index is 12.5. The van der Waals surface area contributed by atoms with Crippen LogP contribution in [0.4, 0.5) is 0 Å². The Hall–Kier alpha value is -1.35. The minimum Gasteiger partial charge on any atom is -0.342 e. The first-order chi connectivity index (χ1) is 9.78. The van der Waals surface area contributed by atoms with Crippen LogP contribution < -0.4 is 5.73 Å². The SMILES string of the molecule is NCC(Cc1cccc(C2CC2)c1)C(=O)N1CCCC1. The molecule has 1 aliphatic carbocycles. The number of hydrogen-bond acceptors (Lipinski definition) is 2. The Morgan fingerprint density at radius 2 is 2.05 bits per heavy atom. The quantitative estimate of drug-likeness (QED) is 0.894. The van der Waals surface area contributed by atoms with Crippen molar-refractivity contribution >= 4 is 5.91 Å². The lowest BCUT2D eigenvalue weighted by atomic mass is 9.96. The molecule has 3 heteroatoms. The highest BCUT2D eigenvalue weighted by atomic mass is 16.2. The van der Waals surface area contributed by atoms with Crippen LogP contribution in [0.1, 0.15) is 42.7 Å². The molecule has 0 spiro atoms. The topological polar surface area (TPSA) is 46.3 Å². The maximum atomic E-state index is 12.5. The van der Waals surface area contributed by atoms with E-state index in [0.29, 0.717) is 6.54 Å². The molecule has 3 rings (SSSR count). The van der Waals surface area contributed by atoms with Gasteiger partial charge in [0.25, 0.3) is 0 Å². The third kappa shape index (κ3) is 3.04. The van der Waals surface area contributed by atoms with E-state index in [-0.39, 0.29) is 11.8 Å². The Morgan fingerprint density at radius 3 is 2.70 bits per heavy atom. The van der Waals surface area contributed by atoms with Gasteiger partial charge in [-0.05, 0) is 49.1 Å². The van der Waals surface area contributed by atoms with E-state index in [1.54, 1.807) is 0 Å². The number of carbonyl (C=O) groups excluding carboxylic acids is 1. The fourth-order valence-electron chi connectivity index (χ4n) is 3.14. The van der Waals surface area contributed by atoms with Gasteiger partial charge in [0.05, 0.1) is 5.92 Å². The summed E-state index contributed by atoms with van der Waals surface area (Å²) in [5.41, 5.74) is 8.55. The summed E-state index contributed by atoms with van der Waals surface area (Å²) in [4.78, 5) is 14.4. The Bertz CT molecular complexity index is 476. The summed E-state index contributed by atoms with van der Waals surface area (Å²) in [5, 5.41) is 0. The van der Waals surface area contributed by atoms with Gasteiger partial charge in [0, 0.05) is 19.6 Å². The van der Waals surface area contributed by atoms with E-state index in [2.05, 4.69) is 24.3 Å². The Morgan fingerprint density at radius 1 is 1.30 bits per heavy atom. The summed E-state index contributed by atoms with van der Waals surface area (Å²) >= 11 is 0. The van der Waals surface area contributed by atoms with Gasteiger partial charge in [-0.2, -0.15) is 0 Å². The van der Waals surface area contributed by atoms with E-state index < -0.39 is 0 Å². The lowest BCUT2D eigenvalue weighted by Gasteiger charge is -2.22. The molecule has 20 heavy (non-hydrogen) atoms. The highest BCUT2D eigenvalue weighted by Crippen LogP contribution is 2.40. The van der Waals surface area contributed by atoms with Crippen molar-refractivity contribution in [3.63, 3.8) is 0 Å². The van der Waals surface area contributed by atoms with Crippen molar-refractivity contribution in [2.24, 2.45) is 11.7 Å².